The molecule has 0 atom stereocenters. The van der Waals surface area contributed by atoms with Crippen LogP contribution >= 0.6 is 45.2 Å². The molecule has 3 aromatic carbocycles. The number of aromatic hydroxyl groups is 1. The van der Waals surface area contributed by atoms with E-state index in [0.29, 0.717) is 11.5 Å². The predicted molar refractivity (Wildman–Crippen MR) is 125 cm³/mol. The van der Waals surface area contributed by atoms with E-state index in [-0.39, 0.29) is 5.75 Å². The summed E-state index contributed by atoms with van der Waals surface area (Å²) in [5.74, 6) is 0.824. The van der Waals surface area contributed by atoms with Gasteiger partial charge in [0.25, 0.3) is 0 Å². The average Bonchev–Trinajstić information content (AvgIpc) is 3.08. The van der Waals surface area contributed by atoms with Crippen LogP contribution in [0.25, 0.3) is 22.6 Å². The van der Waals surface area contributed by atoms with Crippen molar-refractivity contribution >= 4 is 68.2 Å². The van der Waals surface area contributed by atoms with E-state index in [4.69, 9.17) is 4.42 Å². The second kappa shape index (κ2) is 7.59. The van der Waals surface area contributed by atoms with Gasteiger partial charge in [0.05, 0.1) is 9.26 Å². The second-order valence-corrected chi connectivity index (χ2v) is 8.43. The lowest BCUT2D eigenvalue weighted by Gasteiger charge is -2.06. The number of halogens is 2. The van der Waals surface area contributed by atoms with Gasteiger partial charge in [-0.05, 0) is 94.1 Å². The Morgan fingerprint density at radius 1 is 1.07 bits per heavy atom. The summed E-state index contributed by atoms with van der Waals surface area (Å²) >= 11 is 4.35. The molecule has 0 aliphatic rings. The molecular formula is C21H14I2N2O2. The third-order valence-electron chi connectivity index (χ3n) is 4.23. The Balaban J connectivity index is 1.74. The zero-order valence-corrected chi connectivity index (χ0v) is 18.6. The predicted octanol–water partition coefficient (Wildman–Crippen LogP) is 6.47. The standard InChI is InChI=1S/C21H14I2N2O2/c1-12-15(21-25-18-6-2-3-8-19(18)27-21)5-4-7-17(12)24-11-13-9-14(22)10-16(23)20(13)26/h2-11,26H,1H3. The maximum absolute atomic E-state index is 10.3. The number of oxazole rings is 1. The Hall–Kier alpha value is -1.94. The molecule has 0 radical (unpaired) electrons. The lowest BCUT2D eigenvalue weighted by Crippen LogP contribution is -1.89. The molecule has 134 valence electrons. The van der Waals surface area contributed by atoms with Crippen molar-refractivity contribution in [2.24, 2.45) is 4.99 Å². The summed E-state index contributed by atoms with van der Waals surface area (Å²) in [6, 6.07) is 17.4. The Morgan fingerprint density at radius 2 is 1.89 bits per heavy atom. The maximum atomic E-state index is 10.3. The molecule has 1 N–H and O–H groups in total. The zero-order valence-electron chi connectivity index (χ0n) is 14.3. The van der Waals surface area contributed by atoms with E-state index in [1.165, 1.54) is 0 Å². The summed E-state index contributed by atoms with van der Waals surface area (Å²) in [4.78, 5) is 9.18. The Kier molecular flexibility index (Phi) is 5.18. The number of phenolic OH excluding ortho intramolecular Hbond substituents is 1. The summed E-state index contributed by atoms with van der Waals surface area (Å²) in [6.45, 7) is 2.00. The summed E-state index contributed by atoms with van der Waals surface area (Å²) in [5.41, 5.74) is 4.97. The molecule has 6 heteroatoms. The van der Waals surface area contributed by atoms with Gasteiger partial charge in [-0.3, -0.25) is 4.99 Å². The molecule has 0 aliphatic heterocycles. The van der Waals surface area contributed by atoms with E-state index in [1.807, 2.05) is 61.5 Å². The molecular weight excluding hydrogens is 566 g/mol. The molecule has 1 aromatic heterocycles. The molecule has 1 heterocycles. The minimum Gasteiger partial charge on any atom is -0.506 e. The number of phenols is 1. The Morgan fingerprint density at radius 3 is 2.70 bits per heavy atom. The number of nitrogens with zero attached hydrogens (tertiary/aromatic N) is 2. The first-order valence-corrected chi connectivity index (χ1v) is 10.4. The molecule has 0 amide bonds. The minimum atomic E-state index is 0.243. The Labute approximate surface area is 183 Å². The van der Waals surface area contributed by atoms with Crippen molar-refractivity contribution < 1.29 is 9.52 Å². The fourth-order valence-electron chi connectivity index (χ4n) is 2.81. The molecule has 27 heavy (non-hydrogen) atoms. The van der Waals surface area contributed by atoms with E-state index >= 15 is 0 Å². The monoisotopic (exact) mass is 580 g/mol. The van der Waals surface area contributed by atoms with Crippen LogP contribution in [-0.2, 0) is 0 Å². The highest BCUT2D eigenvalue weighted by molar-refractivity contribution is 14.1. The zero-order chi connectivity index (χ0) is 19.0. The summed E-state index contributed by atoms with van der Waals surface area (Å²) in [7, 11) is 0. The first kappa shape index (κ1) is 18.4. The van der Waals surface area contributed by atoms with E-state index in [2.05, 4.69) is 55.2 Å². The molecule has 4 aromatic rings. The van der Waals surface area contributed by atoms with Crippen LogP contribution in [0.3, 0.4) is 0 Å². The first-order valence-electron chi connectivity index (χ1n) is 8.20. The van der Waals surface area contributed by atoms with Gasteiger partial charge in [0, 0.05) is 20.9 Å². The fraction of sp³-hybridized carbons (Fsp3) is 0.0476. The van der Waals surface area contributed by atoms with E-state index in [1.54, 1.807) is 6.21 Å². The molecule has 0 aliphatic carbocycles. The van der Waals surface area contributed by atoms with Crippen molar-refractivity contribution in [3.63, 3.8) is 0 Å². The SMILES string of the molecule is Cc1c(N=Cc2cc(I)cc(I)c2O)cccc1-c1nc2ccccc2o1. The van der Waals surface area contributed by atoms with Crippen molar-refractivity contribution in [2.45, 2.75) is 6.92 Å². The van der Waals surface area contributed by atoms with Gasteiger partial charge in [-0.15, -0.1) is 0 Å². The van der Waals surface area contributed by atoms with Crippen LogP contribution in [0.4, 0.5) is 5.69 Å². The van der Waals surface area contributed by atoms with Gasteiger partial charge in [-0.2, -0.15) is 0 Å². The van der Waals surface area contributed by atoms with Crippen LogP contribution in [0, 0.1) is 14.1 Å². The molecule has 0 unspecified atom stereocenters. The van der Waals surface area contributed by atoms with Crippen LogP contribution in [0.15, 0.2) is 64.0 Å². The van der Waals surface area contributed by atoms with Crippen LogP contribution in [0.2, 0.25) is 0 Å². The lowest BCUT2D eigenvalue weighted by molar-refractivity contribution is 0.470. The van der Waals surface area contributed by atoms with Gasteiger partial charge >= 0.3 is 0 Å². The van der Waals surface area contributed by atoms with E-state index in [9.17, 15) is 5.11 Å². The highest BCUT2D eigenvalue weighted by Gasteiger charge is 2.12. The normalized spacial score (nSPS) is 11.5. The molecule has 0 fully saturated rings. The number of hydrogen-bond donors (Lipinski definition) is 1. The van der Waals surface area contributed by atoms with E-state index in [0.717, 1.165) is 35.1 Å². The van der Waals surface area contributed by atoms with Gasteiger partial charge in [0.15, 0.2) is 5.58 Å². The van der Waals surface area contributed by atoms with Crippen LogP contribution in [0.1, 0.15) is 11.1 Å². The van der Waals surface area contributed by atoms with Crippen LogP contribution < -0.4 is 0 Å². The first-order chi connectivity index (χ1) is 13.0. The fourth-order valence-corrected chi connectivity index (χ4v) is 4.70. The Bertz CT molecular complexity index is 1150. The third-order valence-corrected chi connectivity index (χ3v) is 5.68. The van der Waals surface area contributed by atoms with E-state index < -0.39 is 0 Å². The van der Waals surface area contributed by atoms with Crippen LogP contribution in [-0.4, -0.2) is 16.3 Å². The largest absolute Gasteiger partial charge is 0.506 e. The second-order valence-electron chi connectivity index (χ2n) is 6.02. The minimum absolute atomic E-state index is 0.243. The molecule has 0 saturated carbocycles. The quantitative estimate of drug-likeness (QED) is 0.224. The van der Waals surface area contributed by atoms with Crippen molar-refractivity contribution in [3.8, 4) is 17.2 Å². The van der Waals surface area contributed by atoms with Crippen molar-refractivity contribution in [2.75, 3.05) is 0 Å². The van der Waals surface area contributed by atoms with Gasteiger partial charge in [0.2, 0.25) is 5.89 Å². The molecule has 0 bridgehead atoms. The topological polar surface area (TPSA) is 58.6 Å². The number of para-hydroxylation sites is 2. The maximum Gasteiger partial charge on any atom is 0.227 e. The van der Waals surface area contributed by atoms with Crippen molar-refractivity contribution in [1.82, 2.24) is 4.98 Å². The van der Waals surface area contributed by atoms with Gasteiger partial charge < -0.3 is 9.52 Å². The van der Waals surface area contributed by atoms with Gasteiger partial charge in [-0.1, -0.05) is 18.2 Å². The number of hydrogen-bond acceptors (Lipinski definition) is 4. The number of aliphatic imine (C=N–C) groups is 1. The number of fused-ring (bicyclic) bond motifs is 1. The molecule has 4 nitrogen and oxygen atoms in total. The summed E-state index contributed by atoms with van der Waals surface area (Å²) in [5, 5.41) is 10.3. The van der Waals surface area contributed by atoms with Crippen LogP contribution in [0.5, 0.6) is 5.75 Å². The summed E-state index contributed by atoms with van der Waals surface area (Å²) < 4.78 is 7.75. The molecule has 0 saturated heterocycles. The summed E-state index contributed by atoms with van der Waals surface area (Å²) in [6.07, 6.45) is 1.69. The highest BCUT2D eigenvalue weighted by Crippen LogP contribution is 2.32. The number of aromatic nitrogens is 1. The third kappa shape index (κ3) is 3.73. The number of benzene rings is 3. The molecule has 4 rings (SSSR count). The molecule has 0 spiro atoms. The van der Waals surface area contributed by atoms with Gasteiger partial charge in [0.1, 0.15) is 11.3 Å². The van der Waals surface area contributed by atoms with Gasteiger partial charge in [-0.25, -0.2) is 4.98 Å². The highest BCUT2D eigenvalue weighted by atomic mass is 127. The smallest absolute Gasteiger partial charge is 0.227 e. The lowest BCUT2D eigenvalue weighted by atomic mass is 10.1. The van der Waals surface area contributed by atoms with Crippen molar-refractivity contribution in [1.29, 1.82) is 0 Å². The van der Waals surface area contributed by atoms with Crippen molar-refractivity contribution in [3.05, 3.63) is 72.9 Å². The number of rotatable bonds is 3. The average molecular weight is 580 g/mol.